The SMILES string of the molecule is C=CC(=C)CCC(CC)C(CC)CC. The van der Waals surface area contributed by atoms with Crippen molar-refractivity contribution < 1.29 is 0 Å². The molecule has 0 aromatic carbocycles. The monoisotopic (exact) mass is 194 g/mol. The maximum absolute atomic E-state index is 3.97. The van der Waals surface area contributed by atoms with Crippen LogP contribution >= 0.6 is 0 Å². The molecule has 0 N–H and O–H groups in total. The van der Waals surface area contributed by atoms with Gasteiger partial charge in [-0.2, -0.15) is 0 Å². The predicted molar refractivity (Wildman–Crippen MR) is 66.4 cm³/mol. The highest BCUT2D eigenvalue weighted by molar-refractivity contribution is 5.10. The molecule has 0 spiro atoms. The quantitative estimate of drug-likeness (QED) is 0.478. The molecule has 82 valence electrons. The summed E-state index contributed by atoms with van der Waals surface area (Å²) in [6.07, 6.45) is 8.23. The van der Waals surface area contributed by atoms with Crippen LogP contribution in [0.4, 0.5) is 0 Å². The first-order valence-corrected chi connectivity index (χ1v) is 5.99. The zero-order valence-corrected chi connectivity index (χ0v) is 10.2. The number of hydrogen-bond donors (Lipinski definition) is 0. The van der Waals surface area contributed by atoms with Gasteiger partial charge in [0.1, 0.15) is 0 Å². The lowest BCUT2D eigenvalue weighted by atomic mass is 9.82. The molecule has 0 aliphatic heterocycles. The summed E-state index contributed by atoms with van der Waals surface area (Å²) in [5.74, 6) is 1.78. The van der Waals surface area contributed by atoms with Gasteiger partial charge in [-0.05, 0) is 24.7 Å². The van der Waals surface area contributed by atoms with Gasteiger partial charge in [0.05, 0.1) is 0 Å². The zero-order valence-electron chi connectivity index (χ0n) is 10.2. The Morgan fingerprint density at radius 3 is 1.93 bits per heavy atom. The van der Waals surface area contributed by atoms with E-state index in [1.165, 1.54) is 31.3 Å². The van der Waals surface area contributed by atoms with Gasteiger partial charge in [0, 0.05) is 0 Å². The molecular weight excluding hydrogens is 168 g/mol. The van der Waals surface area contributed by atoms with Crippen molar-refractivity contribution in [3.8, 4) is 0 Å². The van der Waals surface area contributed by atoms with Crippen molar-refractivity contribution in [3.63, 3.8) is 0 Å². The summed E-state index contributed by atoms with van der Waals surface area (Å²) in [6, 6.07) is 0. The fourth-order valence-electron chi connectivity index (χ4n) is 2.20. The Hall–Kier alpha value is -0.520. The van der Waals surface area contributed by atoms with Crippen LogP contribution in [0.2, 0.25) is 0 Å². The zero-order chi connectivity index (χ0) is 11.0. The van der Waals surface area contributed by atoms with E-state index in [-0.39, 0.29) is 0 Å². The van der Waals surface area contributed by atoms with Crippen LogP contribution in [0.25, 0.3) is 0 Å². The molecule has 0 rings (SSSR count). The first kappa shape index (κ1) is 13.5. The summed E-state index contributed by atoms with van der Waals surface area (Å²) in [5, 5.41) is 0. The summed E-state index contributed by atoms with van der Waals surface area (Å²) >= 11 is 0. The molecule has 0 nitrogen and oxygen atoms in total. The second kappa shape index (κ2) is 7.84. The smallest absolute Gasteiger partial charge is 0.0282 e. The van der Waals surface area contributed by atoms with Crippen LogP contribution in [0.5, 0.6) is 0 Å². The van der Waals surface area contributed by atoms with Crippen molar-refractivity contribution >= 4 is 0 Å². The molecule has 0 aromatic heterocycles. The van der Waals surface area contributed by atoms with Crippen molar-refractivity contribution in [2.45, 2.75) is 52.9 Å². The minimum atomic E-state index is 0.877. The normalized spacial score (nSPS) is 12.9. The maximum atomic E-state index is 3.97. The van der Waals surface area contributed by atoms with Gasteiger partial charge >= 0.3 is 0 Å². The van der Waals surface area contributed by atoms with Crippen LogP contribution in [0.1, 0.15) is 52.9 Å². The first-order chi connectivity index (χ1) is 6.69. The lowest BCUT2D eigenvalue weighted by Crippen LogP contribution is -2.12. The third-order valence-corrected chi connectivity index (χ3v) is 3.36. The molecule has 0 saturated heterocycles. The van der Waals surface area contributed by atoms with E-state index in [1.54, 1.807) is 0 Å². The lowest BCUT2D eigenvalue weighted by Gasteiger charge is -2.24. The van der Waals surface area contributed by atoms with Crippen molar-refractivity contribution in [1.29, 1.82) is 0 Å². The molecule has 0 fully saturated rings. The summed E-state index contributed by atoms with van der Waals surface area (Å²) < 4.78 is 0. The van der Waals surface area contributed by atoms with Gasteiger partial charge in [0.2, 0.25) is 0 Å². The van der Waals surface area contributed by atoms with Gasteiger partial charge < -0.3 is 0 Å². The van der Waals surface area contributed by atoms with Gasteiger partial charge in [-0.1, -0.05) is 64.8 Å². The van der Waals surface area contributed by atoms with Crippen molar-refractivity contribution in [2.24, 2.45) is 11.8 Å². The maximum Gasteiger partial charge on any atom is -0.0282 e. The Balaban J connectivity index is 4.00. The Morgan fingerprint density at radius 2 is 1.57 bits per heavy atom. The molecule has 1 atom stereocenters. The fourth-order valence-corrected chi connectivity index (χ4v) is 2.20. The number of allylic oxidation sites excluding steroid dienone is 2. The van der Waals surface area contributed by atoms with E-state index >= 15 is 0 Å². The number of hydrogen-bond acceptors (Lipinski definition) is 0. The molecule has 0 heteroatoms. The van der Waals surface area contributed by atoms with Gasteiger partial charge in [0.25, 0.3) is 0 Å². The second-order valence-corrected chi connectivity index (χ2v) is 4.15. The second-order valence-electron chi connectivity index (χ2n) is 4.15. The van der Waals surface area contributed by atoms with Crippen molar-refractivity contribution in [3.05, 3.63) is 24.8 Å². The van der Waals surface area contributed by atoms with E-state index < -0.39 is 0 Å². The van der Waals surface area contributed by atoms with Gasteiger partial charge in [0.15, 0.2) is 0 Å². The van der Waals surface area contributed by atoms with E-state index in [1.807, 2.05) is 6.08 Å². The molecule has 1 unspecified atom stereocenters. The topological polar surface area (TPSA) is 0 Å². The third kappa shape index (κ3) is 4.64. The van der Waals surface area contributed by atoms with E-state index in [2.05, 4.69) is 33.9 Å². The summed E-state index contributed by atoms with van der Waals surface area (Å²) in [7, 11) is 0. The van der Waals surface area contributed by atoms with Crippen LogP contribution < -0.4 is 0 Å². The van der Waals surface area contributed by atoms with E-state index in [4.69, 9.17) is 0 Å². The first-order valence-electron chi connectivity index (χ1n) is 5.99. The largest absolute Gasteiger partial charge is 0.0988 e. The molecule has 14 heavy (non-hydrogen) atoms. The minimum Gasteiger partial charge on any atom is -0.0988 e. The van der Waals surface area contributed by atoms with Gasteiger partial charge in [-0.3, -0.25) is 0 Å². The van der Waals surface area contributed by atoms with E-state index in [9.17, 15) is 0 Å². The molecule has 0 heterocycles. The molecule has 0 aromatic rings. The molecule has 0 amide bonds. The number of rotatable bonds is 8. The molecule has 0 radical (unpaired) electrons. The van der Waals surface area contributed by atoms with Gasteiger partial charge in [-0.25, -0.2) is 0 Å². The van der Waals surface area contributed by atoms with Crippen molar-refractivity contribution in [2.75, 3.05) is 0 Å². The lowest BCUT2D eigenvalue weighted by molar-refractivity contribution is 0.287. The standard InChI is InChI=1S/C14H26/c1-6-12(5)10-11-14(9-4)13(7-2)8-3/h6,13-14H,1,5,7-11H2,2-4H3. The highest BCUT2D eigenvalue weighted by Gasteiger charge is 2.15. The van der Waals surface area contributed by atoms with E-state index in [0.29, 0.717) is 0 Å². The van der Waals surface area contributed by atoms with E-state index in [0.717, 1.165) is 18.3 Å². The van der Waals surface area contributed by atoms with Crippen LogP contribution in [-0.2, 0) is 0 Å². The minimum absolute atomic E-state index is 0.877. The Labute approximate surface area is 90.1 Å². The third-order valence-electron chi connectivity index (χ3n) is 3.36. The highest BCUT2D eigenvalue weighted by Crippen LogP contribution is 2.27. The summed E-state index contributed by atoms with van der Waals surface area (Å²) in [4.78, 5) is 0. The molecular formula is C14H26. The van der Waals surface area contributed by atoms with Crippen LogP contribution in [0.15, 0.2) is 24.8 Å². The van der Waals surface area contributed by atoms with Gasteiger partial charge in [-0.15, -0.1) is 0 Å². The molecule has 0 aliphatic rings. The fraction of sp³-hybridized carbons (Fsp3) is 0.714. The average molecular weight is 194 g/mol. The highest BCUT2D eigenvalue weighted by atomic mass is 14.2. The summed E-state index contributed by atoms with van der Waals surface area (Å²) in [5.41, 5.74) is 1.19. The van der Waals surface area contributed by atoms with Crippen molar-refractivity contribution in [1.82, 2.24) is 0 Å². The Bertz CT molecular complexity index is 163. The van der Waals surface area contributed by atoms with Crippen LogP contribution in [0, 0.1) is 11.8 Å². The predicted octanol–water partition coefficient (Wildman–Crippen LogP) is 4.97. The summed E-state index contributed by atoms with van der Waals surface area (Å²) in [6.45, 7) is 14.6. The Morgan fingerprint density at radius 1 is 1.07 bits per heavy atom. The van der Waals surface area contributed by atoms with Crippen LogP contribution in [0.3, 0.4) is 0 Å². The Kier molecular flexibility index (Phi) is 7.55. The average Bonchev–Trinajstić information content (AvgIpc) is 2.23. The van der Waals surface area contributed by atoms with Crippen LogP contribution in [-0.4, -0.2) is 0 Å². The molecule has 0 saturated carbocycles. The molecule has 0 bridgehead atoms. The molecule has 0 aliphatic carbocycles.